The van der Waals surface area contributed by atoms with Gasteiger partial charge in [0.1, 0.15) is 11.8 Å². The van der Waals surface area contributed by atoms with Gasteiger partial charge in [0, 0.05) is 0 Å². The van der Waals surface area contributed by atoms with Crippen LogP contribution in [0.25, 0.3) is 0 Å². The van der Waals surface area contributed by atoms with Gasteiger partial charge in [-0.3, -0.25) is 0 Å². The summed E-state index contributed by atoms with van der Waals surface area (Å²) in [5.74, 6) is -1.56. The van der Waals surface area contributed by atoms with Gasteiger partial charge in [0.2, 0.25) is 0 Å². The Hall–Kier alpha value is -1.75. The van der Waals surface area contributed by atoms with Crippen molar-refractivity contribution in [2.75, 3.05) is 7.11 Å². The molecule has 1 aromatic rings. The third-order valence-corrected chi connectivity index (χ3v) is 2.63. The Labute approximate surface area is 108 Å². The lowest BCUT2D eigenvalue weighted by atomic mass is 10.1. The van der Waals surface area contributed by atoms with Crippen molar-refractivity contribution in [3.05, 3.63) is 27.7 Å². The smallest absolute Gasteiger partial charge is 0.465 e. The Kier molecular flexibility index (Phi) is 4.19. The maximum absolute atomic E-state index is 12.1. The minimum Gasteiger partial charge on any atom is -0.465 e. The van der Waals surface area contributed by atoms with Crippen molar-refractivity contribution in [2.24, 2.45) is 0 Å². The molecule has 0 heterocycles. The molecule has 96 valence electrons. The lowest BCUT2D eigenvalue weighted by Crippen LogP contribution is -2.18. The average molecular weight is 324 g/mol. The largest absolute Gasteiger partial charge is 0.573 e. The Balaban J connectivity index is 3.35. The monoisotopic (exact) mass is 323 g/mol. The fourth-order valence-electron chi connectivity index (χ4n) is 1.16. The van der Waals surface area contributed by atoms with Gasteiger partial charge in [0.25, 0.3) is 0 Å². The quantitative estimate of drug-likeness (QED) is 0.785. The Bertz CT molecular complexity index is 522. The van der Waals surface area contributed by atoms with Crippen molar-refractivity contribution < 1.29 is 27.4 Å². The molecule has 4 nitrogen and oxygen atoms in total. The molecule has 0 spiro atoms. The minimum absolute atomic E-state index is 0.122. The first-order chi connectivity index (χ1) is 8.30. The molecule has 1 aromatic carbocycles. The van der Waals surface area contributed by atoms with Gasteiger partial charge in [-0.15, -0.1) is 13.2 Å². The summed E-state index contributed by atoms with van der Waals surface area (Å²) < 4.78 is 44.1. The summed E-state index contributed by atoms with van der Waals surface area (Å²) in [5.41, 5.74) is -0.440. The van der Waals surface area contributed by atoms with Gasteiger partial charge in [0.05, 0.1) is 22.7 Å². The summed E-state index contributed by atoms with van der Waals surface area (Å²) in [6.45, 7) is 0. The van der Waals surface area contributed by atoms with Gasteiger partial charge in [-0.25, -0.2) is 4.79 Å². The molecule has 0 aliphatic rings. The summed E-state index contributed by atoms with van der Waals surface area (Å²) in [7, 11) is 1.05. The molecule has 0 aromatic heterocycles. The molecule has 0 aliphatic heterocycles. The van der Waals surface area contributed by atoms with Crippen molar-refractivity contribution in [2.45, 2.75) is 6.36 Å². The molecule has 0 unspecified atom stereocenters. The first-order valence-electron chi connectivity index (χ1n) is 4.36. The van der Waals surface area contributed by atoms with Crippen molar-refractivity contribution in [1.29, 1.82) is 5.26 Å². The number of ether oxygens (including phenoxy) is 2. The number of esters is 1. The zero-order valence-electron chi connectivity index (χ0n) is 8.84. The number of hydrogen-bond donors (Lipinski definition) is 0. The van der Waals surface area contributed by atoms with E-state index in [0.717, 1.165) is 19.2 Å². The average Bonchev–Trinajstić information content (AvgIpc) is 2.29. The van der Waals surface area contributed by atoms with Crippen LogP contribution >= 0.6 is 15.9 Å². The van der Waals surface area contributed by atoms with Gasteiger partial charge >= 0.3 is 12.3 Å². The number of carbonyl (C=O) groups excluding carboxylic acids is 1. The number of nitriles is 1. The Morgan fingerprint density at radius 3 is 2.50 bits per heavy atom. The number of benzene rings is 1. The molecule has 0 saturated carbocycles. The van der Waals surface area contributed by atoms with Crippen LogP contribution in [-0.2, 0) is 4.74 Å². The number of rotatable bonds is 2. The van der Waals surface area contributed by atoms with Crippen molar-refractivity contribution >= 4 is 21.9 Å². The maximum atomic E-state index is 12.1. The second kappa shape index (κ2) is 5.27. The Morgan fingerprint density at radius 1 is 1.44 bits per heavy atom. The van der Waals surface area contributed by atoms with Crippen LogP contribution < -0.4 is 4.74 Å². The number of nitrogens with zero attached hydrogens (tertiary/aromatic N) is 1. The normalized spacial score (nSPS) is 10.7. The van der Waals surface area contributed by atoms with E-state index >= 15 is 0 Å². The summed E-state index contributed by atoms with van der Waals surface area (Å²) in [5, 5.41) is 8.77. The first kappa shape index (κ1) is 14.3. The van der Waals surface area contributed by atoms with E-state index in [4.69, 9.17) is 5.26 Å². The van der Waals surface area contributed by atoms with E-state index in [0.29, 0.717) is 0 Å². The zero-order chi connectivity index (χ0) is 13.9. The lowest BCUT2D eigenvalue weighted by Gasteiger charge is -2.13. The van der Waals surface area contributed by atoms with E-state index in [1.165, 1.54) is 0 Å². The van der Waals surface area contributed by atoms with E-state index in [1.807, 2.05) is 0 Å². The maximum Gasteiger partial charge on any atom is 0.573 e. The molecule has 0 N–H and O–H groups in total. The third-order valence-electron chi connectivity index (χ3n) is 1.84. The second-order valence-electron chi connectivity index (χ2n) is 2.95. The number of hydrogen-bond acceptors (Lipinski definition) is 4. The fraction of sp³-hybridized carbons (Fsp3) is 0.200. The summed E-state index contributed by atoms with van der Waals surface area (Å²) in [6, 6.07) is 3.65. The van der Waals surface area contributed by atoms with Gasteiger partial charge in [-0.05, 0) is 28.1 Å². The molecule has 0 fully saturated rings. The van der Waals surface area contributed by atoms with E-state index in [-0.39, 0.29) is 15.6 Å². The Morgan fingerprint density at radius 2 is 2.06 bits per heavy atom. The molecule has 0 atom stereocenters. The van der Waals surface area contributed by atoms with Crippen LogP contribution in [0.5, 0.6) is 5.75 Å². The molecule has 0 radical (unpaired) electrons. The molecule has 1 rings (SSSR count). The van der Waals surface area contributed by atoms with Crippen LogP contribution in [0.4, 0.5) is 13.2 Å². The topological polar surface area (TPSA) is 59.3 Å². The summed E-state index contributed by atoms with van der Waals surface area (Å²) in [4.78, 5) is 11.4. The predicted molar refractivity (Wildman–Crippen MR) is 56.9 cm³/mol. The van der Waals surface area contributed by atoms with Crippen molar-refractivity contribution in [1.82, 2.24) is 0 Å². The van der Waals surface area contributed by atoms with Gasteiger partial charge in [-0.2, -0.15) is 5.26 Å². The van der Waals surface area contributed by atoms with Crippen LogP contribution in [-0.4, -0.2) is 19.4 Å². The fourth-order valence-corrected chi connectivity index (χ4v) is 1.74. The van der Waals surface area contributed by atoms with Crippen LogP contribution in [0.15, 0.2) is 16.6 Å². The first-order valence-corrected chi connectivity index (χ1v) is 5.16. The number of halogens is 4. The second-order valence-corrected chi connectivity index (χ2v) is 3.74. The molecule has 0 aliphatic carbocycles. The molecule has 0 bridgehead atoms. The number of methoxy groups -OCH3 is 1. The molecule has 8 heteroatoms. The summed E-state index contributed by atoms with van der Waals surface area (Å²) >= 11 is 2.79. The number of carbonyl (C=O) groups is 1. The lowest BCUT2D eigenvalue weighted by molar-refractivity contribution is -0.274. The molecular weight excluding hydrogens is 319 g/mol. The van der Waals surface area contributed by atoms with Crippen LogP contribution in [0.2, 0.25) is 0 Å². The molecule has 0 saturated heterocycles. The standard InChI is InChI=1S/C10H5BrF3NO3/c1-17-9(16)7-5(4-15)2-3-6(8(7)11)18-10(12,13)14/h2-3H,1H3. The highest BCUT2D eigenvalue weighted by atomic mass is 79.9. The van der Waals surface area contributed by atoms with Crippen molar-refractivity contribution in [3.8, 4) is 11.8 Å². The van der Waals surface area contributed by atoms with E-state index in [9.17, 15) is 18.0 Å². The van der Waals surface area contributed by atoms with E-state index in [1.54, 1.807) is 6.07 Å². The molecular formula is C10H5BrF3NO3. The summed E-state index contributed by atoms with van der Waals surface area (Å²) in [6.07, 6.45) is -4.90. The van der Waals surface area contributed by atoms with Crippen LogP contribution in [0.1, 0.15) is 15.9 Å². The van der Waals surface area contributed by atoms with Gasteiger partial charge in [-0.1, -0.05) is 0 Å². The highest BCUT2D eigenvalue weighted by Crippen LogP contribution is 2.34. The SMILES string of the molecule is COC(=O)c1c(C#N)ccc(OC(F)(F)F)c1Br. The van der Waals surface area contributed by atoms with Crippen LogP contribution in [0.3, 0.4) is 0 Å². The van der Waals surface area contributed by atoms with Gasteiger partial charge < -0.3 is 9.47 Å². The predicted octanol–water partition coefficient (Wildman–Crippen LogP) is 3.01. The zero-order valence-corrected chi connectivity index (χ0v) is 10.4. The van der Waals surface area contributed by atoms with E-state index < -0.39 is 18.1 Å². The molecule has 0 amide bonds. The number of alkyl halides is 3. The highest BCUT2D eigenvalue weighted by molar-refractivity contribution is 9.10. The van der Waals surface area contributed by atoms with Crippen LogP contribution in [0, 0.1) is 11.3 Å². The highest BCUT2D eigenvalue weighted by Gasteiger charge is 2.33. The third kappa shape index (κ3) is 3.13. The van der Waals surface area contributed by atoms with E-state index in [2.05, 4.69) is 25.4 Å². The van der Waals surface area contributed by atoms with Gasteiger partial charge in [0.15, 0.2) is 0 Å². The van der Waals surface area contributed by atoms with Crippen molar-refractivity contribution in [3.63, 3.8) is 0 Å². The minimum atomic E-state index is -4.90. The molecule has 18 heavy (non-hydrogen) atoms.